The zero-order valence-corrected chi connectivity index (χ0v) is 17.7. The average molecular weight is 406 g/mol. The van der Waals surface area contributed by atoms with E-state index in [-0.39, 0.29) is 6.17 Å². The lowest BCUT2D eigenvalue weighted by Gasteiger charge is -2.42. The van der Waals surface area contributed by atoms with Crippen molar-refractivity contribution in [3.63, 3.8) is 0 Å². The molecule has 8 nitrogen and oxygen atoms in total. The Hall–Kier alpha value is -3.26. The number of anilines is 1. The van der Waals surface area contributed by atoms with Crippen molar-refractivity contribution in [3.05, 3.63) is 48.0 Å². The van der Waals surface area contributed by atoms with Gasteiger partial charge in [-0.05, 0) is 43.7 Å². The number of ether oxygens (including phenoxy) is 2. The van der Waals surface area contributed by atoms with Crippen LogP contribution in [0.4, 0.5) is 5.95 Å². The Bertz CT molecular complexity index is 1120. The predicted octanol–water partition coefficient (Wildman–Crippen LogP) is 3.01. The van der Waals surface area contributed by atoms with Crippen molar-refractivity contribution in [1.82, 2.24) is 19.8 Å². The minimum atomic E-state index is -0.159. The van der Waals surface area contributed by atoms with E-state index in [9.17, 15) is 0 Å². The van der Waals surface area contributed by atoms with Gasteiger partial charge in [-0.3, -0.25) is 14.4 Å². The molecule has 3 heterocycles. The minimum absolute atomic E-state index is 0.159. The van der Waals surface area contributed by atoms with Gasteiger partial charge in [-0.15, -0.1) is 0 Å². The number of aliphatic imine (C=N–C) groups is 1. The maximum atomic E-state index is 5.55. The number of para-hydroxylation sites is 2. The molecule has 0 saturated heterocycles. The topological polar surface area (TPSA) is 67.2 Å². The average Bonchev–Trinajstić information content (AvgIpc) is 3.17. The van der Waals surface area contributed by atoms with E-state index in [0.717, 1.165) is 35.2 Å². The molecule has 30 heavy (non-hydrogen) atoms. The molecule has 5 rings (SSSR count). The highest BCUT2D eigenvalue weighted by Gasteiger charge is 2.36. The van der Waals surface area contributed by atoms with Crippen LogP contribution in [-0.4, -0.2) is 54.0 Å². The van der Waals surface area contributed by atoms with Crippen LogP contribution in [0.2, 0.25) is 0 Å². The van der Waals surface area contributed by atoms with Crippen LogP contribution in [-0.2, 0) is 0 Å². The van der Waals surface area contributed by atoms with Gasteiger partial charge >= 0.3 is 0 Å². The van der Waals surface area contributed by atoms with Gasteiger partial charge in [0.05, 0.1) is 38.6 Å². The molecule has 0 spiro atoms. The van der Waals surface area contributed by atoms with E-state index in [2.05, 4.69) is 45.7 Å². The number of rotatable bonds is 4. The Morgan fingerprint density at radius 2 is 1.87 bits per heavy atom. The summed E-state index contributed by atoms with van der Waals surface area (Å²) in [6.45, 7) is 5.78. The summed E-state index contributed by atoms with van der Waals surface area (Å²) in [5.41, 5.74) is 3.08. The third-order valence-corrected chi connectivity index (χ3v) is 5.78. The number of fused-ring (bicyclic) bond motifs is 5. The van der Waals surface area contributed by atoms with Crippen LogP contribution in [0, 0.1) is 0 Å². The summed E-state index contributed by atoms with van der Waals surface area (Å²) in [6.07, 6.45) is -0.159. The monoisotopic (exact) mass is 406 g/mol. The molecule has 1 aromatic heterocycles. The predicted molar refractivity (Wildman–Crippen MR) is 117 cm³/mol. The van der Waals surface area contributed by atoms with E-state index in [1.807, 2.05) is 30.3 Å². The van der Waals surface area contributed by atoms with Crippen LogP contribution < -0.4 is 19.7 Å². The molecule has 0 radical (unpaired) electrons. The van der Waals surface area contributed by atoms with Crippen LogP contribution in [0.15, 0.2) is 47.5 Å². The third-order valence-electron chi connectivity index (χ3n) is 5.78. The first kappa shape index (κ1) is 18.7. The standard InChI is InChI=1S/C22H26N6O2/c1-14(2)26-12-23-21-25-20(15-9-10-18(29-3)19(11-15)30-4)28-17-8-6-5-7-16(17)24-22(28)27(21)13-26/h5-11,14,20H,12-13H2,1-4H3,(H,23,25)/t20-/m1/s1. The lowest BCUT2D eigenvalue weighted by atomic mass is 10.1. The van der Waals surface area contributed by atoms with Crippen molar-refractivity contribution < 1.29 is 9.47 Å². The van der Waals surface area contributed by atoms with Gasteiger partial charge in [-0.2, -0.15) is 0 Å². The van der Waals surface area contributed by atoms with Crippen molar-refractivity contribution in [3.8, 4) is 11.5 Å². The quantitative estimate of drug-likeness (QED) is 0.719. The Morgan fingerprint density at radius 3 is 2.63 bits per heavy atom. The van der Waals surface area contributed by atoms with Gasteiger partial charge < -0.3 is 14.8 Å². The van der Waals surface area contributed by atoms with E-state index < -0.39 is 0 Å². The van der Waals surface area contributed by atoms with Gasteiger partial charge in [0, 0.05) is 6.04 Å². The number of imidazole rings is 1. The first-order chi connectivity index (χ1) is 14.6. The number of aromatic nitrogens is 2. The summed E-state index contributed by atoms with van der Waals surface area (Å²) < 4.78 is 13.2. The van der Waals surface area contributed by atoms with E-state index in [4.69, 9.17) is 19.5 Å². The number of hydrogen-bond acceptors (Lipinski definition) is 7. The van der Waals surface area contributed by atoms with Gasteiger partial charge in [0.15, 0.2) is 11.5 Å². The fourth-order valence-electron chi connectivity index (χ4n) is 4.06. The molecule has 3 aromatic rings. The number of hydrogen-bond donors (Lipinski definition) is 1. The molecule has 0 bridgehead atoms. The molecule has 2 aliphatic rings. The summed E-state index contributed by atoms with van der Waals surface area (Å²) in [4.78, 5) is 14.3. The fourth-order valence-corrected chi connectivity index (χ4v) is 4.06. The van der Waals surface area contributed by atoms with Gasteiger partial charge in [-0.25, -0.2) is 9.98 Å². The van der Waals surface area contributed by atoms with Crippen LogP contribution in [0.25, 0.3) is 11.0 Å². The first-order valence-electron chi connectivity index (χ1n) is 10.1. The van der Waals surface area contributed by atoms with Crippen molar-refractivity contribution >= 4 is 22.9 Å². The Morgan fingerprint density at radius 1 is 1.07 bits per heavy atom. The molecule has 0 amide bonds. The van der Waals surface area contributed by atoms with E-state index in [1.54, 1.807) is 14.2 Å². The lowest BCUT2D eigenvalue weighted by molar-refractivity contribution is 0.221. The van der Waals surface area contributed by atoms with Crippen LogP contribution >= 0.6 is 0 Å². The minimum Gasteiger partial charge on any atom is -0.493 e. The molecular formula is C22H26N6O2. The highest BCUT2D eigenvalue weighted by atomic mass is 16.5. The largest absolute Gasteiger partial charge is 0.493 e. The van der Waals surface area contributed by atoms with Gasteiger partial charge in [-0.1, -0.05) is 18.2 Å². The van der Waals surface area contributed by atoms with E-state index >= 15 is 0 Å². The molecule has 1 N–H and O–H groups in total. The summed E-state index contributed by atoms with van der Waals surface area (Å²) in [5.74, 6) is 3.13. The molecule has 0 unspecified atom stereocenters. The Kier molecular flexibility index (Phi) is 4.51. The zero-order chi connectivity index (χ0) is 20.8. The van der Waals surface area contributed by atoms with E-state index in [0.29, 0.717) is 24.2 Å². The Labute approximate surface area is 175 Å². The van der Waals surface area contributed by atoms with Gasteiger partial charge in [0.25, 0.3) is 0 Å². The number of guanidine groups is 1. The second kappa shape index (κ2) is 7.21. The van der Waals surface area contributed by atoms with Crippen molar-refractivity contribution in [1.29, 1.82) is 0 Å². The SMILES string of the molecule is COc1ccc([C@@H]2NC3=NCN(C(C)C)CN3c3nc4ccccc4n32)cc1OC. The fraction of sp³-hybridized carbons (Fsp3) is 0.364. The summed E-state index contributed by atoms with van der Waals surface area (Å²) in [6, 6.07) is 14.6. The highest BCUT2D eigenvalue weighted by Crippen LogP contribution is 2.37. The van der Waals surface area contributed by atoms with Crippen LogP contribution in [0.3, 0.4) is 0 Å². The second-order valence-electron chi connectivity index (χ2n) is 7.81. The smallest absolute Gasteiger partial charge is 0.216 e. The molecule has 2 aromatic carbocycles. The Balaban J connectivity index is 1.67. The molecule has 2 aliphatic heterocycles. The van der Waals surface area contributed by atoms with Crippen molar-refractivity contribution in [2.75, 3.05) is 32.5 Å². The normalized spacial score (nSPS) is 18.6. The lowest BCUT2D eigenvalue weighted by Crippen LogP contribution is -2.58. The number of methoxy groups -OCH3 is 2. The van der Waals surface area contributed by atoms with Crippen molar-refractivity contribution in [2.24, 2.45) is 4.99 Å². The van der Waals surface area contributed by atoms with Gasteiger partial charge in [0.2, 0.25) is 11.9 Å². The first-order valence-corrected chi connectivity index (χ1v) is 10.1. The maximum absolute atomic E-state index is 5.55. The summed E-state index contributed by atoms with van der Waals surface area (Å²) in [7, 11) is 3.30. The maximum Gasteiger partial charge on any atom is 0.216 e. The van der Waals surface area contributed by atoms with Crippen molar-refractivity contribution in [2.45, 2.75) is 26.1 Å². The molecule has 1 atom stereocenters. The highest BCUT2D eigenvalue weighted by molar-refractivity contribution is 5.98. The molecular weight excluding hydrogens is 380 g/mol. The summed E-state index contributed by atoms with van der Waals surface area (Å²) in [5, 5.41) is 3.63. The molecule has 156 valence electrons. The molecule has 8 heteroatoms. The number of benzene rings is 2. The van der Waals surface area contributed by atoms with E-state index in [1.165, 1.54) is 0 Å². The third kappa shape index (κ3) is 2.87. The number of nitrogens with one attached hydrogen (secondary N) is 1. The molecule has 0 fully saturated rings. The summed E-state index contributed by atoms with van der Waals surface area (Å²) >= 11 is 0. The van der Waals surface area contributed by atoms with Gasteiger partial charge in [0.1, 0.15) is 6.17 Å². The number of nitrogens with zero attached hydrogens (tertiary/aromatic N) is 5. The molecule has 0 saturated carbocycles. The zero-order valence-electron chi connectivity index (χ0n) is 17.7. The second-order valence-corrected chi connectivity index (χ2v) is 7.81. The van der Waals surface area contributed by atoms with Crippen LogP contribution in [0.5, 0.6) is 11.5 Å². The van der Waals surface area contributed by atoms with Crippen LogP contribution in [0.1, 0.15) is 25.6 Å². The molecule has 0 aliphatic carbocycles.